The van der Waals surface area contributed by atoms with Gasteiger partial charge in [-0.15, -0.1) is 0 Å². The summed E-state index contributed by atoms with van der Waals surface area (Å²) in [4.78, 5) is 2.33. The molecule has 19 heavy (non-hydrogen) atoms. The van der Waals surface area contributed by atoms with Crippen LogP contribution in [-0.2, 0) is 0 Å². The number of rotatable bonds is 7. The summed E-state index contributed by atoms with van der Waals surface area (Å²) < 4.78 is 0. The van der Waals surface area contributed by atoms with Gasteiger partial charge in [-0.2, -0.15) is 0 Å². The lowest BCUT2D eigenvalue weighted by atomic mass is 9.73. The minimum atomic E-state index is -0.589. The summed E-state index contributed by atoms with van der Waals surface area (Å²) in [5.41, 5.74) is -0.143. The molecule has 0 saturated heterocycles. The Bertz CT molecular complexity index is 275. The monoisotopic (exact) mass is 268 g/mol. The van der Waals surface area contributed by atoms with Crippen LogP contribution in [0.1, 0.15) is 58.8 Å². The van der Waals surface area contributed by atoms with Crippen molar-refractivity contribution < 1.29 is 5.11 Å². The van der Waals surface area contributed by atoms with E-state index in [0.29, 0.717) is 5.41 Å². The second-order valence-corrected chi connectivity index (χ2v) is 7.70. The van der Waals surface area contributed by atoms with Gasteiger partial charge in [-0.1, -0.05) is 19.3 Å². The van der Waals surface area contributed by atoms with E-state index in [9.17, 15) is 5.11 Å². The maximum absolute atomic E-state index is 9.97. The van der Waals surface area contributed by atoms with Crippen LogP contribution >= 0.6 is 0 Å². The maximum Gasteiger partial charge on any atom is 0.0718 e. The zero-order valence-electron chi connectivity index (χ0n) is 13.0. The zero-order valence-corrected chi connectivity index (χ0v) is 13.0. The summed E-state index contributed by atoms with van der Waals surface area (Å²) in [5.74, 6) is 0. The van der Waals surface area contributed by atoms with Gasteiger partial charge in [-0.3, -0.25) is 0 Å². The van der Waals surface area contributed by atoms with Gasteiger partial charge in [0.1, 0.15) is 0 Å². The van der Waals surface area contributed by atoms with Gasteiger partial charge in [0, 0.05) is 25.7 Å². The number of nitrogens with zero attached hydrogens (tertiary/aromatic N) is 1. The molecule has 0 bridgehead atoms. The predicted octanol–water partition coefficient (Wildman–Crippen LogP) is 2.39. The van der Waals surface area contributed by atoms with Crippen molar-refractivity contribution in [1.82, 2.24) is 10.2 Å². The number of aliphatic hydroxyl groups is 1. The second-order valence-electron chi connectivity index (χ2n) is 7.70. The van der Waals surface area contributed by atoms with Crippen LogP contribution in [0.4, 0.5) is 0 Å². The SMILES string of the molecule is CN(CC(C)(C)O)CC1(CNC2CC2)CCCCC1. The van der Waals surface area contributed by atoms with Crippen molar-refractivity contribution in [3.63, 3.8) is 0 Å². The van der Waals surface area contributed by atoms with E-state index in [2.05, 4.69) is 17.3 Å². The van der Waals surface area contributed by atoms with Crippen molar-refractivity contribution in [1.29, 1.82) is 0 Å². The van der Waals surface area contributed by atoms with Crippen LogP contribution in [0.3, 0.4) is 0 Å². The molecule has 3 nitrogen and oxygen atoms in total. The average Bonchev–Trinajstić information content (AvgIpc) is 3.08. The Morgan fingerprint density at radius 2 is 1.84 bits per heavy atom. The summed E-state index contributed by atoms with van der Waals surface area (Å²) in [6.45, 7) is 6.86. The number of nitrogens with one attached hydrogen (secondary N) is 1. The zero-order chi connectivity index (χ0) is 13.9. The fourth-order valence-electron chi connectivity index (χ4n) is 3.63. The maximum atomic E-state index is 9.97. The molecule has 2 aliphatic carbocycles. The Kier molecular flexibility index (Phi) is 4.91. The van der Waals surface area contributed by atoms with E-state index in [1.807, 2.05) is 13.8 Å². The lowest BCUT2D eigenvalue weighted by Gasteiger charge is -2.41. The highest BCUT2D eigenvalue weighted by atomic mass is 16.3. The van der Waals surface area contributed by atoms with Crippen molar-refractivity contribution in [2.45, 2.75) is 70.4 Å². The molecule has 0 unspecified atom stereocenters. The Morgan fingerprint density at radius 1 is 1.21 bits per heavy atom. The van der Waals surface area contributed by atoms with Crippen LogP contribution in [0, 0.1) is 5.41 Å². The third-order valence-corrected chi connectivity index (χ3v) is 4.52. The third-order valence-electron chi connectivity index (χ3n) is 4.52. The Balaban J connectivity index is 1.88. The molecule has 0 atom stereocenters. The molecule has 0 amide bonds. The summed E-state index contributed by atoms with van der Waals surface area (Å²) in [5, 5.41) is 13.7. The van der Waals surface area contributed by atoms with Gasteiger partial charge in [-0.25, -0.2) is 0 Å². The first-order chi connectivity index (χ1) is 8.89. The number of likely N-dealkylation sites (N-methyl/N-ethyl adjacent to an activating group) is 1. The molecule has 2 fully saturated rings. The number of hydrogen-bond donors (Lipinski definition) is 2. The van der Waals surface area contributed by atoms with E-state index in [-0.39, 0.29) is 0 Å². The highest BCUT2D eigenvalue weighted by molar-refractivity contribution is 4.91. The molecular formula is C16H32N2O. The highest BCUT2D eigenvalue weighted by Gasteiger charge is 2.35. The minimum absolute atomic E-state index is 0.445. The molecule has 0 heterocycles. The first-order valence-electron chi connectivity index (χ1n) is 8.03. The summed E-state index contributed by atoms with van der Waals surface area (Å²) in [6.07, 6.45) is 9.60. The molecule has 0 aromatic rings. The van der Waals surface area contributed by atoms with Crippen LogP contribution in [0.5, 0.6) is 0 Å². The third kappa shape index (κ3) is 5.41. The first-order valence-corrected chi connectivity index (χ1v) is 8.03. The van der Waals surface area contributed by atoms with Crippen LogP contribution < -0.4 is 5.32 Å². The Morgan fingerprint density at radius 3 is 2.37 bits per heavy atom. The molecule has 2 rings (SSSR count). The molecule has 0 aliphatic heterocycles. The molecule has 2 aliphatic rings. The normalized spacial score (nSPS) is 23.8. The van der Waals surface area contributed by atoms with Crippen LogP contribution in [0.15, 0.2) is 0 Å². The van der Waals surface area contributed by atoms with Gasteiger partial charge < -0.3 is 15.3 Å². The predicted molar refractivity (Wildman–Crippen MR) is 80.3 cm³/mol. The lowest BCUT2D eigenvalue weighted by Crippen LogP contribution is -2.47. The fourth-order valence-corrected chi connectivity index (χ4v) is 3.63. The number of hydrogen-bond acceptors (Lipinski definition) is 3. The van der Waals surface area contributed by atoms with E-state index < -0.39 is 5.60 Å². The molecular weight excluding hydrogens is 236 g/mol. The molecule has 3 heteroatoms. The van der Waals surface area contributed by atoms with Gasteiger partial charge in [0.25, 0.3) is 0 Å². The standard InChI is InChI=1S/C16H32N2O/c1-15(2,19)12-18(3)13-16(9-5-4-6-10-16)11-17-14-7-8-14/h14,17,19H,4-13H2,1-3H3. The van der Waals surface area contributed by atoms with E-state index in [1.54, 1.807) is 0 Å². The van der Waals surface area contributed by atoms with Crippen LogP contribution in [0.2, 0.25) is 0 Å². The van der Waals surface area contributed by atoms with Crippen molar-refractivity contribution in [2.24, 2.45) is 5.41 Å². The van der Waals surface area contributed by atoms with Gasteiger partial charge in [0.05, 0.1) is 5.60 Å². The van der Waals surface area contributed by atoms with E-state index in [0.717, 1.165) is 19.1 Å². The quantitative estimate of drug-likeness (QED) is 0.744. The molecule has 0 radical (unpaired) electrons. The largest absolute Gasteiger partial charge is 0.389 e. The van der Waals surface area contributed by atoms with E-state index >= 15 is 0 Å². The average molecular weight is 268 g/mol. The summed E-state index contributed by atoms with van der Waals surface area (Å²) >= 11 is 0. The highest BCUT2D eigenvalue weighted by Crippen LogP contribution is 2.37. The molecule has 2 saturated carbocycles. The molecule has 112 valence electrons. The molecule has 0 aromatic heterocycles. The van der Waals surface area contributed by atoms with Crippen molar-refractivity contribution in [3.8, 4) is 0 Å². The molecule has 0 aromatic carbocycles. The van der Waals surface area contributed by atoms with E-state index in [4.69, 9.17) is 0 Å². The van der Waals surface area contributed by atoms with Gasteiger partial charge in [0.2, 0.25) is 0 Å². The summed E-state index contributed by atoms with van der Waals surface area (Å²) in [7, 11) is 2.16. The Labute approximate surface area is 118 Å². The summed E-state index contributed by atoms with van der Waals surface area (Å²) in [6, 6.07) is 0.804. The lowest BCUT2D eigenvalue weighted by molar-refractivity contribution is 0.0229. The van der Waals surface area contributed by atoms with Gasteiger partial charge in [-0.05, 0) is 52.0 Å². The Hall–Kier alpha value is -0.120. The molecule has 2 N–H and O–H groups in total. The first kappa shape index (κ1) is 15.3. The van der Waals surface area contributed by atoms with Crippen LogP contribution in [0.25, 0.3) is 0 Å². The fraction of sp³-hybridized carbons (Fsp3) is 1.00. The smallest absolute Gasteiger partial charge is 0.0718 e. The molecule has 0 spiro atoms. The van der Waals surface area contributed by atoms with Crippen LogP contribution in [-0.4, -0.2) is 48.3 Å². The van der Waals surface area contributed by atoms with Gasteiger partial charge in [0.15, 0.2) is 0 Å². The minimum Gasteiger partial charge on any atom is -0.389 e. The van der Waals surface area contributed by atoms with Gasteiger partial charge >= 0.3 is 0 Å². The van der Waals surface area contributed by atoms with Crippen molar-refractivity contribution in [2.75, 3.05) is 26.7 Å². The topological polar surface area (TPSA) is 35.5 Å². The van der Waals surface area contributed by atoms with E-state index in [1.165, 1.54) is 51.5 Å². The van der Waals surface area contributed by atoms with Crippen molar-refractivity contribution >= 4 is 0 Å². The van der Waals surface area contributed by atoms with Crippen molar-refractivity contribution in [3.05, 3.63) is 0 Å². The second kappa shape index (κ2) is 6.11.